The zero-order valence-corrected chi connectivity index (χ0v) is 8.47. The highest BCUT2D eigenvalue weighted by Crippen LogP contribution is 2.12. The zero-order chi connectivity index (χ0) is 10.8. The molecule has 2 heterocycles. The summed E-state index contributed by atoms with van der Waals surface area (Å²) in [6.07, 6.45) is 3.02. The van der Waals surface area contributed by atoms with Crippen molar-refractivity contribution < 1.29 is 5.11 Å². The Balaban J connectivity index is 2.78. The van der Waals surface area contributed by atoms with Crippen LogP contribution in [0.5, 0.6) is 5.88 Å². The molecule has 2 aromatic heterocycles. The van der Waals surface area contributed by atoms with E-state index in [1.807, 2.05) is 6.92 Å². The monoisotopic (exact) mass is 204 g/mol. The molecule has 78 valence electrons. The quantitative estimate of drug-likeness (QED) is 0.803. The van der Waals surface area contributed by atoms with Crippen molar-refractivity contribution in [2.75, 3.05) is 0 Å². The molecule has 0 unspecified atom stereocenters. The van der Waals surface area contributed by atoms with Crippen LogP contribution in [0, 0.1) is 0 Å². The molecule has 0 aliphatic heterocycles. The van der Waals surface area contributed by atoms with Crippen molar-refractivity contribution >= 4 is 5.65 Å². The summed E-state index contributed by atoms with van der Waals surface area (Å²) in [5, 5.41) is 9.60. The predicted octanol–water partition coefficient (Wildman–Crippen LogP) is 1.35. The van der Waals surface area contributed by atoms with Crippen LogP contribution in [0.15, 0.2) is 29.2 Å². The van der Waals surface area contributed by atoms with Gasteiger partial charge in [-0.1, -0.05) is 19.4 Å². The van der Waals surface area contributed by atoms with Gasteiger partial charge in [-0.15, -0.1) is 0 Å². The number of aromatic hydroxyl groups is 1. The molecule has 2 aromatic rings. The fourth-order valence-corrected chi connectivity index (χ4v) is 1.58. The van der Waals surface area contributed by atoms with Gasteiger partial charge in [0.2, 0.25) is 5.88 Å². The molecule has 0 spiro atoms. The van der Waals surface area contributed by atoms with E-state index in [1.54, 1.807) is 24.4 Å². The molecule has 0 bridgehead atoms. The second kappa shape index (κ2) is 3.73. The predicted molar refractivity (Wildman–Crippen MR) is 57.1 cm³/mol. The molecular weight excluding hydrogens is 192 g/mol. The maximum atomic E-state index is 11.9. The van der Waals surface area contributed by atoms with Gasteiger partial charge in [0.25, 0.3) is 5.56 Å². The third kappa shape index (κ3) is 1.58. The topological polar surface area (TPSA) is 54.6 Å². The first kappa shape index (κ1) is 9.71. The third-order valence-corrected chi connectivity index (χ3v) is 2.31. The van der Waals surface area contributed by atoms with Gasteiger partial charge in [-0.2, -0.15) is 4.98 Å². The average Bonchev–Trinajstić information content (AvgIpc) is 2.24. The van der Waals surface area contributed by atoms with Gasteiger partial charge in [0.1, 0.15) is 5.65 Å². The van der Waals surface area contributed by atoms with E-state index in [9.17, 15) is 9.90 Å². The number of hydrogen-bond acceptors (Lipinski definition) is 3. The Labute approximate surface area is 86.8 Å². The van der Waals surface area contributed by atoms with Gasteiger partial charge >= 0.3 is 0 Å². The summed E-state index contributed by atoms with van der Waals surface area (Å²) in [4.78, 5) is 15.9. The normalized spacial score (nSPS) is 10.7. The summed E-state index contributed by atoms with van der Waals surface area (Å²) in [6, 6.07) is 5.24. The maximum absolute atomic E-state index is 11.9. The Hall–Kier alpha value is -1.84. The number of aromatic nitrogens is 2. The van der Waals surface area contributed by atoms with Crippen LogP contribution in [0.25, 0.3) is 5.65 Å². The van der Waals surface area contributed by atoms with Crippen LogP contribution in [-0.4, -0.2) is 14.5 Å². The Morgan fingerprint density at radius 2 is 2.27 bits per heavy atom. The molecule has 1 N–H and O–H groups in total. The van der Waals surface area contributed by atoms with Crippen molar-refractivity contribution in [3.05, 3.63) is 40.3 Å². The Kier molecular flexibility index (Phi) is 2.41. The lowest BCUT2D eigenvalue weighted by atomic mass is 10.2. The van der Waals surface area contributed by atoms with Gasteiger partial charge in [-0.3, -0.25) is 9.20 Å². The summed E-state index contributed by atoms with van der Waals surface area (Å²) in [7, 11) is 0. The summed E-state index contributed by atoms with van der Waals surface area (Å²) in [5.41, 5.74) is 0.681. The average molecular weight is 204 g/mol. The molecule has 2 rings (SSSR count). The van der Waals surface area contributed by atoms with Crippen molar-refractivity contribution in [3.63, 3.8) is 0 Å². The molecule has 0 saturated carbocycles. The number of pyridine rings is 1. The van der Waals surface area contributed by atoms with E-state index < -0.39 is 0 Å². The summed E-state index contributed by atoms with van der Waals surface area (Å²) < 4.78 is 1.45. The van der Waals surface area contributed by atoms with Gasteiger partial charge in [-0.25, -0.2) is 0 Å². The minimum absolute atomic E-state index is 0.145. The lowest BCUT2D eigenvalue weighted by Gasteiger charge is -2.04. The molecule has 0 radical (unpaired) electrons. The molecule has 0 aromatic carbocycles. The first-order valence-corrected chi connectivity index (χ1v) is 4.93. The van der Waals surface area contributed by atoms with E-state index in [0.29, 0.717) is 17.6 Å². The first-order chi connectivity index (χ1) is 7.24. The van der Waals surface area contributed by atoms with Crippen LogP contribution < -0.4 is 5.56 Å². The van der Waals surface area contributed by atoms with E-state index in [-0.39, 0.29) is 11.4 Å². The van der Waals surface area contributed by atoms with E-state index >= 15 is 0 Å². The highest BCUT2D eigenvalue weighted by Gasteiger charge is 2.09. The molecule has 0 saturated heterocycles. The minimum Gasteiger partial charge on any atom is -0.493 e. The zero-order valence-electron chi connectivity index (χ0n) is 8.47. The highest BCUT2D eigenvalue weighted by atomic mass is 16.3. The van der Waals surface area contributed by atoms with Gasteiger partial charge < -0.3 is 5.11 Å². The van der Waals surface area contributed by atoms with Crippen LogP contribution in [0.2, 0.25) is 0 Å². The summed E-state index contributed by atoms with van der Waals surface area (Å²) in [5.74, 6) is -0.145. The molecule has 15 heavy (non-hydrogen) atoms. The molecule has 4 nitrogen and oxygen atoms in total. The van der Waals surface area contributed by atoms with Crippen LogP contribution in [0.1, 0.15) is 18.9 Å². The van der Waals surface area contributed by atoms with E-state index in [1.165, 1.54) is 4.40 Å². The molecule has 0 fully saturated rings. The van der Waals surface area contributed by atoms with Gasteiger partial charge in [-0.05, 0) is 18.6 Å². The number of hydrogen-bond donors (Lipinski definition) is 1. The Bertz CT molecular complexity index is 546. The SMILES string of the molecule is CCCc1c(O)nc2ccccn2c1=O. The second-order valence-electron chi connectivity index (χ2n) is 3.40. The molecule has 0 amide bonds. The summed E-state index contributed by atoms with van der Waals surface area (Å²) in [6.45, 7) is 1.96. The number of nitrogens with zero attached hydrogens (tertiary/aromatic N) is 2. The van der Waals surface area contributed by atoms with Crippen LogP contribution in [-0.2, 0) is 6.42 Å². The lowest BCUT2D eigenvalue weighted by molar-refractivity contribution is 0.444. The maximum Gasteiger partial charge on any atom is 0.264 e. The molecule has 0 aliphatic rings. The van der Waals surface area contributed by atoms with Crippen LogP contribution >= 0.6 is 0 Å². The first-order valence-electron chi connectivity index (χ1n) is 4.93. The second-order valence-corrected chi connectivity index (χ2v) is 3.40. The number of fused-ring (bicyclic) bond motifs is 1. The van der Waals surface area contributed by atoms with E-state index in [0.717, 1.165) is 6.42 Å². The number of rotatable bonds is 2. The standard InChI is InChI=1S/C11H12N2O2/c1-2-5-8-10(14)12-9-6-3-4-7-13(9)11(8)15/h3-4,6-7,14H,2,5H2,1H3. The van der Waals surface area contributed by atoms with Gasteiger partial charge in [0, 0.05) is 6.20 Å². The van der Waals surface area contributed by atoms with Gasteiger partial charge in [0.15, 0.2) is 0 Å². The van der Waals surface area contributed by atoms with Crippen molar-refractivity contribution in [1.82, 2.24) is 9.38 Å². The molecule has 0 atom stereocenters. The van der Waals surface area contributed by atoms with Crippen LogP contribution in [0.3, 0.4) is 0 Å². The van der Waals surface area contributed by atoms with Crippen molar-refractivity contribution in [2.24, 2.45) is 0 Å². The smallest absolute Gasteiger partial charge is 0.264 e. The molecule has 4 heteroatoms. The largest absolute Gasteiger partial charge is 0.493 e. The molecular formula is C11H12N2O2. The summed E-state index contributed by atoms with van der Waals surface area (Å²) >= 11 is 0. The van der Waals surface area contributed by atoms with Crippen molar-refractivity contribution in [1.29, 1.82) is 0 Å². The van der Waals surface area contributed by atoms with E-state index in [2.05, 4.69) is 4.98 Å². The van der Waals surface area contributed by atoms with Gasteiger partial charge in [0.05, 0.1) is 5.56 Å². The van der Waals surface area contributed by atoms with Crippen molar-refractivity contribution in [3.8, 4) is 5.88 Å². The van der Waals surface area contributed by atoms with Crippen LogP contribution in [0.4, 0.5) is 0 Å². The fourth-order valence-electron chi connectivity index (χ4n) is 1.58. The van der Waals surface area contributed by atoms with Crippen molar-refractivity contribution in [2.45, 2.75) is 19.8 Å². The fraction of sp³-hybridized carbons (Fsp3) is 0.273. The lowest BCUT2D eigenvalue weighted by Crippen LogP contribution is -2.19. The van der Waals surface area contributed by atoms with E-state index in [4.69, 9.17) is 0 Å². The minimum atomic E-state index is -0.181. The highest BCUT2D eigenvalue weighted by molar-refractivity contribution is 5.42. The Morgan fingerprint density at radius 3 is 3.00 bits per heavy atom. The Morgan fingerprint density at radius 1 is 1.47 bits per heavy atom. The third-order valence-electron chi connectivity index (χ3n) is 2.31. The molecule has 0 aliphatic carbocycles.